The van der Waals surface area contributed by atoms with Gasteiger partial charge in [0.1, 0.15) is 5.60 Å². The van der Waals surface area contributed by atoms with Gasteiger partial charge in [0.2, 0.25) is 5.82 Å². The van der Waals surface area contributed by atoms with Gasteiger partial charge in [-0.05, 0) is 72.0 Å². The molecule has 1 atom stereocenters. The summed E-state index contributed by atoms with van der Waals surface area (Å²) in [5.74, 6) is 1.16. The summed E-state index contributed by atoms with van der Waals surface area (Å²) in [7, 11) is 0. The lowest BCUT2D eigenvalue weighted by atomic mass is 9.84. The highest BCUT2D eigenvalue weighted by Gasteiger charge is 2.37. The molecule has 0 spiro atoms. The average Bonchev–Trinajstić information content (AvgIpc) is 3.67. The molecular formula is C40H40N6O2S. The molecule has 1 aromatic heterocycles. The molecule has 6 aromatic rings. The number of hydrogen-bond acceptors (Lipinski definition) is 7. The molecule has 0 bridgehead atoms. The van der Waals surface area contributed by atoms with Crippen LogP contribution in [0.4, 0.5) is 10.5 Å². The molecule has 0 saturated carbocycles. The third-order valence-electron chi connectivity index (χ3n) is 8.00. The molecule has 0 radical (unpaired) electrons. The minimum absolute atomic E-state index is 0.262. The molecule has 0 aliphatic heterocycles. The number of aromatic amines is 1. The highest BCUT2D eigenvalue weighted by molar-refractivity contribution is 8.00. The lowest BCUT2D eigenvalue weighted by Gasteiger charge is -2.37. The number of alkyl carbamates (subject to hydrolysis) is 1. The van der Waals surface area contributed by atoms with Crippen LogP contribution < -0.4 is 10.6 Å². The third kappa shape index (κ3) is 8.36. The quantitative estimate of drug-likeness (QED) is 0.112. The van der Waals surface area contributed by atoms with Crippen molar-refractivity contribution in [2.75, 3.05) is 17.6 Å². The zero-order chi connectivity index (χ0) is 34.1. The summed E-state index contributed by atoms with van der Waals surface area (Å²) in [6, 6.07) is 47.8. The number of ether oxygens (including phenoxy) is 1. The number of rotatable bonds is 12. The van der Waals surface area contributed by atoms with E-state index in [0.29, 0.717) is 18.1 Å². The Bertz CT molecular complexity index is 1820. The van der Waals surface area contributed by atoms with Crippen LogP contribution in [0.5, 0.6) is 0 Å². The maximum absolute atomic E-state index is 13.1. The minimum atomic E-state index is -0.617. The van der Waals surface area contributed by atoms with Crippen LogP contribution in [0.2, 0.25) is 0 Å². The predicted molar refractivity (Wildman–Crippen MR) is 198 cm³/mol. The standard InChI is InChI=1S/C40H40N6O2S/c1-39(2,3)48-38(47)42-36(27-41-35-24-22-29(23-25-35)30-14-13-15-31(26-30)37-43-45-46-44-37)28-49-40(32-16-7-4-8-17-32,33-18-9-5-10-19-33)34-20-11-6-12-21-34/h4-26,36,41H,27-28H2,1-3H3,(H,42,47)(H,43,44,45,46)/t36-/m1/s1. The fraction of sp³-hybridized carbons (Fsp3) is 0.200. The molecule has 1 amide bonds. The number of hydrogen-bond donors (Lipinski definition) is 3. The normalized spacial score (nSPS) is 12.2. The lowest BCUT2D eigenvalue weighted by molar-refractivity contribution is 0.0512. The average molecular weight is 669 g/mol. The van der Waals surface area contributed by atoms with Crippen molar-refractivity contribution in [3.63, 3.8) is 0 Å². The van der Waals surface area contributed by atoms with Gasteiger partial charge in [0.05, 0.1) is 10.8 Å². The lowest BCUT2D eigenvalue weighted by Crippen LogP contribution is -2.45. The van der Waals surface area contributed by atoms with Gasteiger partial charge < -0.3 is 15.4 Å². The monoisotopic (exact) mass is 668 g/mol. The summed E-state index contributed by atoms with van der Waals surface area (Å²) >= 11 is 1.80. The van der Waals surface area contributed by atoms with Crippen LogP contribution in [0.15, 0.2) is 140 Å². The van der Waals surface area contributed by atoms with Gasteiger partial charge in [-0.2, -0.15) is 5.21 Å². The van der Waals surface area contributed by atoms with E-state index in [4.69, 9.17) is 4.74 Å². The zero-order valence-electron chi connectivity index (χ0n) is 27.8. The highest BCUT2D eigenvalue weighted by atomic mass is 32.2. The van der Waals surface area contributed by atoms with E-state index in [-0.39, 0.29) is 6.04 Å². The smallest absolute Gasteiger partial charge is 0.407 e. The predicted octanol–water partition coefficient (Wildman–Crippen LogP) is 8.56. The van der Waals surface area contributed by atoms with Crippen LogP contribution in [0.3, 0.4) is 0 Å². The van der Waals surface area contributed by atoms with E-state index >= 15 is 0 Å². The Hall–Kier alpha value is -5.41. The van der Waals surface area contributed by atoms with E-state index in [2.05, 4.69) is 134 Å². The number of anilines is 1. The van der Waals surface area contributed by atoms with Crippen molar-refractivity contribution in [2.24, 2.45) is 0 Å². The van der Waals surface area contributed by atoms with Crippen molar-refractivity contribution in [1.82, 2.24) is 25.9 Å². The van der Waals surface area contributed by atoms with Crippen LogP contribution >= 0.6 is 11.8 Å². The summed E-state index contributed by atoms with van der Waals surface area (Å²) < 4.78 is 5.19. The molecule has 49 heavy (non-hydrogen) atoms. The largest absolute Gasteiger partial charge is 0.444 e. The second-order valence-corrected chi connectivity index (χ2v) is 13.9. The van der Waals surface area contributed by atoms with Crippen LogP contribution in [-0.4, -0.2) is 50.7 Å². The molecule has 1 heterocycles. The van der Waals surface area contributed by atoms with Gasteiger partial charge >= 0.3 is 6.09 Å². The van der Waals surface area contributed by atoms with Crippen molar-refractivity contribution in [3.8, 4) is 22.5 Å². The first-order chi connectivity index (χ1) is 23.8. The maximum atomic E-state index is 13.1. The Morgan fingerprint density at radius 3 is 1.84 bits per heavy atom. The van der Waals surface area contributed by atoms with Gasteiger partial charge in [-0.1, -0.05) is 121 Å². The molecule has 3 N–H and O–H groups in total. The van der Waals surface area contributed by atoms with Crippen LogP contribution in [0, 0.1) is 0 Å². The number of thioether (sulfide) groups is 1. The molecule has 8 nitrogen and oxygen atoms in total. The number of amides is 1. The molecule has 5 aromatic carbocycles. The van der Waals surface area contributed by atoms with Crippen molar-refractivity contribution in [1.29, 1.82) is 0 Å². The fourth-order valence-electron chi connectivity index (χ4n) is 5.76. The summed E-state index contributed by atoms with van der Waals surface area (Å²) in [5, 5.41) is 21.1. The number of aromatic nitrogens is 4. The molecule has 6 rings (SSSR count). The van der Waals surface area contributed by atoms with Gasteiger partial charge in [-0.15, -0.1) is 22.0 Å². The van der Waals surface area contributed by atoms with Gasteiger partial charge in [0.25, 0.3) is 0 Å². The minimum Gasteiger partial charge on any atom is -0.444 e. The van der Waals surface area contributed by atoms with Gasteiger partial charge in [-0.3, -0.25) is 0 Å². The highest BCUT2D eigenvalue weighted by Crippen LogP contribution is 2.48. The Balaban J connectivity index is 1.25. The first-order valence-electron chi connectivity index (χ1n) is 16.3. The molecule has 248 valence electrons. The molecule has 0 fully saturated rings. The van der Waals surface area contributed by atoms with Gasteiger partial charge in [-0.25, -0.2) is 4.79 Å². The zero-order valence-corrected chi connectivity index (χ0v) is 28.7. The summed E-state index contributed by atoms with van der Waals surface area (Å²) in [4.78, 5) is 13.1. The number of nitrogens with one attached hydrogen (secondary N) is 3. The Labute approximate surface area is 291 Å². The third-order valence-corrected chi connectivity index (χ3v) is 9.71. The van der Waals surface area contributed by atoms with E-state index in [9.17, 15) is 4.79 Å². The topological polar surface area (TPSA) is 105 Å². The summed E-state index contributed by atoms with van der Waals surface area (Å²) in [6.07, 6.45) is -0.443. The maximum Gasteiger partial charge on any atom is 0.407 e. The molecule has 0 unspecified atom stereocenters. The SMILES string of the molecule is CC(C)(C)OC(=O)N[C@H](CNc1ccc(-c2cccc(-c3nn[nH]n3)c2)cc1)CSC(c1ccccc1)(c1ccccc1)c1ccccc1. The van der Waals surface area contributed by atoms with Crippen LogP contribution in [-0.2, 0) is 9.48 Å². The van der Waals surface area contributed by atoms with Crippen LogP contribution in [0.25, 0.3) is 22.5 Å². The number of tetrazole rings is 1. The first-order valence-corrected chi connectivity index (χ1v) is 17.3. The molecular weight excluding hydrogens is 629 g/mol. The van der Waals surface area contributed by atoms with Crippen molar-refractivity contribution < 1.29 is 9.53 Å². The summed E-state index contributed by atoms with van der Waals surface area (Å²) in [6.45, 7) is 6.12. The molecule has 0 saturated heterocycles. The molecule has 0 aliphatic rings. The van der Waals surface area contributed by atoms with E-state index in [1.165, 1.54) is 16.7 Å². The van der Waals surface area contributed by atoms with Crippen molar-refractivity contribution in [2.45, 2.75) is 37.2 Å². The number of benzene rings is 5. The molecule has 9 heteroatoms. The second-order valence-electron chi connectivity index (χ2n) is 12.7. The fourth-order valence-corrected chi connectivity index (χ4v) is 7.32. The molecule has 0 aliphatic carbocycles. The Morgan fingerprint density at radius 1 is 0.735 bits per heavy atom. The Kier molecular flexibility index (Phi) is 10.4. The van der Waals surface area contributed by atoms with Gasteiger partial charge in [0.15, 0.2) is 0 Å². The van der Waals surface area contributed by atoms with E-state index < -0.39 is 16.4 Å². The number of carbonyl (C=O) groups excluding carboxylic acids is 1. The van der Waals surface area contributed by atoms with E-state index in [1.54, 1.807) is 11.8 Å². The van der Waals surface area contributed by atoms with E-state index in [1.807, 2.05) is 57.2 Å². The van der Waals surface area contributed by atoms with Crippen molar-refractivity contribution >= 4 is 23.5 Å². The van der Waals surface area contributed by atoms with Crippen LogP contribution in [0.1, 0.15) is 37.5 Å². The first kappa shape index (κ1) is 33.5. The number of H-pyrrole nitrogens is 1. The number of carbonyl (C=O) groups is 1. The van der Waals surface area contributed by atoms with Gasteiger partial charge in [0, 0.05) is 23.5 Å². The Morgan fingerprint density at radius 2 is 1.31 bits per heavy atom. The summed E-state index contributed by atoms with van der Waals surface area (Å²) in [5.41, 5.74) is 6.83. The number of nitrogens with zero attached hydrogens (tertiary/aromatic N) is 3. The van der Waals surface area contributed by atoms with E-state index in [0.717, 1.165) is 22.4 Å². The second kappa shape index (κ2) is 15.2. The van der Waals surface area contributed by atoms with Crippen molar-refractivity contribution in [3.05, 3.63) is 156 Å².